The number of rotatable bonds is 6. The van der Waals surface area contributed by atoms with E-state index < -0.39 is 53.7 Å². The topological polar surface area (TPSA) is 101 Å². The summed E-state index contributed by atoms with van der Waals surface area (Å²) in [6, 6.07) is 8.15. The Kier molecular flexibility index (Phi) is 11.0. The van der Waals surface area contributed by atoms with E-state index in [2.05, 4.69) is 0 Å². The number of hydrogen-bond acceptors (Lipinski definition) is 8. The molecule has 0 aromatic heterocycles. The fraction of sp³-hybridized carbons (Fsp3) is 0.690. The third-order valence-corrected chi connectivity index (χ3v) is 5.51. The van der Waals surface area contributed by atoms with Crippen molar-refractivity contribution in [2.75, 3.05) is 6.61 Å². The molecule has 0 saturated carbocycles. The summed E-state index contributed by atoms with van der Waals surface area (Å²) in [5, 5.41) is 0. The minimum Gasteiger partial charge on any atom is -0.488 e. The Morgan fingerprint density at radius 1 is 0.974 bits per heavy atom. The Balaban J connectivity index is 2.39. The van der Waals surface area contributed by atoms with Crippen LogP contribution in [0.5, 0.6) is 5.75 Å². The average Bonchev–Trinajstić information content (AvgIpc) is 2.80. The molecule has 2 amide bonds. The molecule has 214 valence electrons. The van der Waals surface area contributed by atoms with Crippen LogP contribution in [-0.2, 0) is 23.7 Å². The van der Waals surface area contributed by atoms with Crippen LogP contribution >= 0.6 is 0 Å². The zero-order chi connectivity index (χ0) is 28.7. The number of para-hydroxylation sites is 1. The van der Waals surface area contributed by atoms with Crippen LogP contribution in [-0.4, -0.2) is 65.2 Å². The molecular weight excluding hydrogens is 490 g/mol. The van der Waals surface area contributed by atoms with Crippen molar-refractivity contribution < 1.29 is 38.1 Å². The fourth-order valence-electron chi connectivity index (χ4n) is 3.96. The summed E-state index contributed by atoms with van der Waals surface area (Å²) in [5.41, 5.74) is -1.78. The van der Waals surface area contributed by atoms with Crippen molar-refractivity contribution in [2.24, 2.45) is 5.92 Å². The third-order valence-electron chi connectivity index (χ3n) is 5.51. The quantitative estimate of drug-likeness (QED) is 0.317. The number of carbonyl (C=O) groups is 3. The fourth-order valence-corrected chi connectivity index (χ4v) is 3.96. The molecule has 1 heterocycles. The lowest BCUT2D eigenvalue weighted by Gasteiger charge is -2.33. The monoisotopic (exact) mass is 535 g/mol. The van der Waals surface area contributed by atoms with E-state index in [1.54, 1.807) is 48.5 Å². The summed E-state index contributed by atoms with van der Waals surface area (Å²) in [7, 11) is 0. The zero-order valence-corrected chi connectivity index (χ0v) is 24.3. The highest BCUT2D eigenvalue weighted by Gasteiger charge is 2.44. The molecule has 38 heavy (non-hydrogen) atoms. The second-order valence-electron chi connectivity index (χ2n) is 12.1. The molecule has 4 atom stereocenters. The van der Waals surface area contributed by atoms with Gasteiger partial charge in [-0.05, 0) is 85.8 Å². The molecule has 0 N–H and O–H groups in total. The number of hydrogen-bond donors (Lipinski definition) is 0. The lowest BCUT2D eigenvalue weighted by Crippen LogP contribution is -2.53. The Morgan fingerprint density at radius 3 is 2.03 bits per heavy atom. The van der Waals surface area contributed by atoms with Crippen molar-refractivity contribution in [3.8, 4) is 5.75 Å². The molecule has 1 unspecified atom stereocenters. The van der Waals surface area contributed by atoms with Crippen LogP contribution in [0, 0.1) is 5.92 Å². The van der Waals surface area contributed by atoms with Crippen molar-refractivity contribution in [2.45, 2.75) is 117 Å². The molecular formula is C29H45NO8. The third kappa shape index (κ3) is 10.2. The SMILES string of the molecule is CC(C)CO[C@@H]1C(Oc2ccccc2)CCC[C@H](N(C(=O)OC(C)(C)C)C(=O)OC(C)(C)C)C(=O)O[C@H]1C. The lowest BCUT2D eigenvalue weighted by atomic mass is 10.0. The molecule has 0 aliphatic carbocycles. The first-order valence-electron chi connectivity index (χ1n) is 13.4. The molecule has 2 rings (SSSR count). The van der Waals surface area contributed by atoms with E-state index in [1.807, 2.05) is 44.2 Å². The summed E-state index contributed by atoms with van der Waals surface area (Å²) in [6.45, 7) is 16.4. The van der Waals surface area contributed by atoms with Gasteiger partial charge in [-0.15, -0.1) is 0 Å². The van der Waals surface area contributed by atoms with Gasteiger partial charge in [0.1, 0.15) is 41.3 Å². The molecule has 1 saturated heterocycles. The van der Waals surface area contributed by atoms with Gasteiger partial charge in [-0.3, -0.25) is 0 Å². The highest BCUT2D eigenvalue weighted by Crippen LogP contribution is 2.27. The smallest absolute Gasteiger partial charge is 0.420 e. The van der Waals surface area contributed by atoms with Gasteiger partial charge in [-0.25, -0.2) is 14.4 Å². The van der Waals surface area contributed by atoms with E-state index >= 15 is 0 Å². The highest BCUT2D eigenvalue weighted by molar-refractivity contribution is 5.94. The first-order valence-corrected chi connectivity index (χ1v) is 13.4. The average molecular weight is 536 g/mol. The number of amides is 2. The first kappa shape index (κ1) is 31.4. The van der Waals surface area contributed by atoms with Gasteiger partial charge in [0.05, 0.1) is 0 Å². The largest absolute Gasteiger partial charge is 0.488 e. The summed E-state index contributed by atoms with van der Waals surface area (Å²) >= 11 is 0. The van der Waals surface area contributed by atoms with Crippen LogP contribution in [0.4, 0.5) is 9.59 Å². The van der Waals surface area contributed by atoms with Gasteiger partial charge in [-0.1, -0.05) is 32.0 Å². The zero-order valence-electron chi connectivity index (χ0n) is 24.3. The van der Waals surface area contributed by atoms with Gasteiger partial charge >= 0.3 is 18.2 Å². The van der Waals surface area contributed by atoms with Gasteiger partial charge < -0.3 is 23.7 Å². The molecule has 9 nitrogen and oxygen atoms in total. The highest BCUT2D eigenvalue weighted by atomic mass is 16.6. The first-order chi connectivity index (χ1) is 17.6. The number of ether oxygens (including phenoxy) is 5. The molecule has 0 bridgehead atoms. The molecule has 0 spiro atoms. The molecule has 1 aromatic rings. The van der Waals surface area contributed by atoms with Crippen molar-refractivity contribution in [1.82, 2.24) is 4.90 Å². The number of imide groups is 1. The molecule has 0 radical (unpaired) electrons. The van der Waals surface area contributed by atoms with Gasteiger partial charge in [0.25, 0.3) is 0 Å². The number of nitrogens with zero attached hydrogens (tertiary/aromatic N) is 1. The predicted octanol–water partition coefficient (Wildman–Crippen LogP) is 6.13. The lowest BCUT2D eigenvalue weighted by molar-refractivity contribution is -0.166. The van der Waals surface area contributed by atoms with E-state index in [4.69, 9.17) is 23.7 Å². The van der Waals surface area contributed by atoms with Gasteiger partial charge in [0.2, 0.25) is 0 Å². The van der Waals surface area contributed by atoms with Crippen LogP contribution in [0.25, 0.3) is 0 Å². The van der Waals surface area contributed by atoms with E-state index in [-0.39, 0.29) is 12.3 Å². The predicted molar refractivity (Wildman–Crippen MR) is 143 cm³/mol. The molecule has 1 aromatic carbocycles. The van der Waals surface area contributed by atoms with Gasteiger partial charge in [-0.2, -0.15) is 4.90 Å². The summed E-state index contributed by atoms with van der Waals surface area (Å²) in [4.78, 5) is 40.6. The van der Waals surface area contributed by atoms with Crippen LogP contribution in [0.2, 0.25) is 0 Å². The molecule has 9 heteroatoms. The van der Waals surface area contributed by atoms with Crippen LogP contribution in [0.3, 0.4) is 0 Å². The Bertz CT molecular complexity index is 891. The minimum absolute atomic E-state index is 0.148. The van der Waals surface area contributed by atoms with Crippen molar-refractivity contribution in [3.63, 3.8) is 0 Å². The van der Waals surface area contributed by atoms with E-state index in [0.717, 1.165) is 4.90 Å². The molecule has 1 fully saturated rings. The number of carbonyl (C=O) groups excluding carboxylic acids is 3. The van der Waals surface area contributed by atoms with Crippen LogP contribution < -0.4 is 4.74 Å². The second-order valence-corrected chi connectivity index (χ2v) is 12.1. The summed E-state index contributed by atoms with van der Waals surface area (Å²) < 4.78 is 29.3. The standard InChI is InChI=1S/C29H45NO8/c1-19(2)18-34-24-20(3)35-25(31)22(16-13-17-23(24)36-21-14-11-10-12-15-21)30(26(32)37-28(4,5)6)27(33)38-29(7,8)9/h10-12,14-15,19-20,22-24H,13,16-18H2,1-9H3/t20-,22-,23?,24-/m0/s1. The van der Waals surface area contributed by atoms with Crippen molar-refractivity contribution in [1.29, 1.82) is 0 Å². The van der Waals surface area contributed by atoms with Crippen LogP contribution in [0.1, 0.15) is 81.6 Å². The minimum atomic E-state index is -1.23. The molecule has 1 aliphatic heterocycles. The maximum atomic E-state index is 13.5. The second kappa shape index (κ2) is 13.3. The van der Waals surface area contributed by atoms with Gasteiger partial charge in [0, 0.05) is 6.61 Å². The number of esters is 1. The summed E-state index contributed by atoms with van der Waals surface area (Å²) in [5.74, 6) is 0.201. The van der Waals surface area contributed by atoms with Gasteiger partial charge in [0.15, 0.2) is 0 Å². The number of cyclic esters (lactones) is 1. The summed E-state index contributed by atoms with van der Waals surface area (Å²) in [6.07, 6.45) is -2.52. The Morgan fingerprint density at radius 2 is 1.53 bits per heavy atom. The normalized spacial score (nSPS) is 22.9. The molecule has 1 aliphatic rings. The van der Waals surface area contributed by atoms with Crippen LogP contribution in [0.15, 0.2) is 30.3 Å². The van der Waals surface area contributed by atoms with Crippen molar-refractivity contribution >= 4 is 18.2 Å². The van der Waals surface area contributed by atoms with Crippen molar-refractivity contribution in [3.05, 3.63) is 30.3 Å². The number of benzene rings is 1. The van der Waals surface area contributed by atoms with E-state index in [1.165, 1.54) is 0 Å². The van der Waals surface area contributed by atoms with E-state index in [0.29, 0.717) is 25.2 Å². The maximum absolute atomic E-state index is 13.5. The Hall–Kier alpha value is -2.81. The maximum Gasteiger partial charge on any atom is 0.420 e. The van der Waals surface area contributed by atoms with E-state index in [9.17, 15) is 14.4 Å². The Labute approximate surface area is 227 Å².